The van der Waals surface area contributed by atoms with E-state index in [9.17, 15) is 0 Å². The van der Waals surface area contributed by atoms with Crippen molar-refractivity contribution in [2.45, 2.75) is 19.5 Å². The van der Waals surface area contributed by atoms with E-state index in [2.05, 4.69) is 87.3 Å². The summed E-state index contributed by atoms with van der Waals surface area (Å²) in [5, 5.41) is 10.4. The van der Waals surface area contributed by atoms with Crippen LogP contribution in [0.25, 0.3) is 27.9 Å². The molecule has 5 heterocycles. The Balaban J connectivity index is 1.65. The maximum absolute atomic E-state index is 6.11. The van der Waals surface area contributed by atoms with Gasteiger partial charge in [-0.1, -0.05) is 6.07 Å². The molecule has 0 aliphatic rings. The first-order chi connectivity index (χ1) is 15.4. The van der Waals surface area contributed by atoms with Crippen LogP contribution in [0, 0.1) is 3.70 Å². The molecule has 0 aliphatic carbocycles. The van der Waals surface area contributed by atoms with Gasteiger partial charge in [0.05, 0.1) is 23.7 Å². The summed E-state index contributed by atoms with van der Waals surface area (Å²) in [5.74, 6) is 0.444. The van der Waals surface area contributed by atoms with Gasteiger partial charge in [0, 0.05) is 30.0 Å². The molecular weight excluding hydrogens is 517 g/mol. The predicted octanol–water partition coefficient (Wildman–Crippen LogP) is 3.30. The van der Waals surface area contributed by atoms with Crippen molar-refractivity contribution < 1.29 is 0 Å². The summed E-state index contributed by atoms with van der Waals surface area (Å²) < 4.78 is 6.90. The molecule has 9 nitrogen and oxygen atoms in total. The molecule has 1 atom stereocenters. The number of rotatable bonds is 6. The van der Waals surface area contributed by atoms with E-state index in [0.29, 0.717) is 5.82 Å². The highest BCUT2D eigenvalue weighted by Gasteiger charge is 2.24. The molecule has 0 spiro atoms. The van der Waals surface area contributed by atoms with Crippen LogP contribution in [0.3, 0.4) is 0 Å². The first-order valence-corrected chi connectivity index (χ1v) is 11.4. The third-order valence-corrected chi connectivity index (χ3v) is 6.42. The van der Waals surface area contributed by atoms with Gasteiger partial charge in [0.15, 0.2) is 5.65 Å². The quantitative estimate of drug-likeness (QED) is 0.332. The second kappa shape index (κ2) is 8.17. The molecule has 0 fully saturated rings. The van der Waals surface area contributed by atoms with Gasteiger partial charge in [-0.3, -0.25) is 4.68 Å². The zero-order chi connectivity index (χ0) is 22.4. The Hall–Kier alpha value is -2.99. The number of fused-ring (bicyclic) bond motifs is 2. The molecule has 0 aliphatic heterocycles. The van der Waals surface area contributed by atoms with Crippen LogP contribution in [0.5, 0.6) is 0 Å². The zero-order valence-electron chi connectivity index (χ0n) is 18.1. The molecule has 1 unspecified atom stereocenters. The topological polar surface area (TPSA) is 95.1 Å². The smallest absolute Gasteiger partial charge is 0.165 e. The first kappa shape index (κ1) is 20.9. The fourth-order valence-electron chi connectivity index (χ4n) is 4.00. The first-order valence-electron chi connectivity index (χ1n) is 10.4. The highest BCUT2D eigenvalue weighted by molar-refractivity contribution is 14.1. The average molecular weight is 541 g/mol. The summed E-state index contributed by atoms with van der Waals surface area (Å²) in [5.41, 5.74) is 11.0. The molecule has 0 bridgehead atoms. The van der Waals surface area contributed by atoms with Crippen molar-refractivity contribution >= 4 is 45.0 Å². The number of nitrogens with two attached hydrogens (primary N) is 1. The van der Waals surface area contributed by atoms with Crippen LogP contribution >= 0.6 is 22.6 Å². The van der Waals surface area contributed by atoms with Crippen LogP contribution in [0.4, 0.5) is 5.82 Å². The Morgan fingerprint density at radius 1 is 1.12 bits per heavy atom. The van der Waals surface area contributed by atoms with E-state index >= 15 is 0 Å². The van der Waals surface area contributed by atoms with Crippen LogP contribution in [-0.2, 0) is 6.54 Å². The molecule has 0 radical (unpaired) electrons. The van der Waals surface area contributed by atoms with E-state index in [4.69, 9.17) is 15.9 Å². The fraction of sp³-hybridized carbons (Fsp3) is 0.273. The van der Waals surface area contributed by atoms with Crippen LogP contribution in [0.15, 0.2) is 49.1 Å². The maximum atomic E-state index is 6.11. The summed E-state index contributed by atoms with van der Waals surface area (Å²) >= 11 is 2.19. The summed E-state index contributed by atoms with van der Waals surface area (Å²) in [6.45, 7) is 3.89. The van der Waals surface area contributed by atoms with Crippen molar-refractivity contribution in [3.63, 3.8) is 0 Å². The molecule has 32 heavy (non-hydrogen) atoms. The lowest BCUT2D eigenvalue weighted by Crippen LogP contribution is -2.18. The van der Waals surface area contributed by atoms with Gasteiger partial charge < -0.3 is 15.0 Å². The SMILES string of the molecule is CC(c1cc2ccccn2c1-c1ccn(CCN(C)C)n1)n1nc(I)c2c(N)ncnc21. The zero-order valence-corrected chi connectivity index (χ0v) is 20.3. The Labute approximate surface area is 199 Å². The highest BCUT2D eigenvalue weighted by Crippen LogP contribution is 2.35. The summed E-state index contributed by atoms with van der Waals surface area (Å²) in [7, 11) is 4.13. The molecule has 5 aromatic rings. The minimum absolute atomic E-state index is 0.0860. The number of hydrogen-bond acceptors (Lipinski definition) is 6. The molecular formula is C22H24IN9. The van der Waals surface area contributed by atoms with Crippen molar-refractivity contribution in [2.75, 3.05) is 26.4 Å². The number of nitrogens with zero attached hydrogens (tertiary/aromatic N) is 8. The van der Waals surface area contributed by atoms with Gasteiger partial charge >= 0.3 is 0 Å². The number of hydrogen-bond donors (Lipinski definition) is 1. The molecule has 5 aromatic heterocycles. The standard InChI is InChI=1S/C22H24IN9/c1-14(32-22-18(20(23)28-32)21(24)25-13-26-22)16-12-15-6-4-5-8-31(15)19(16)17-7-9-30(27-17)11-10-29(2)3/h4-9,12-14H,10-11H2,1-3H3,(H2,24,25,26). The Kier molecular flexibility index (Phi) is 5.33. The third-order valence-electron chi connectivity index (χ3n) is 5.66. The molecule has 10 heteroatoms. The van der Waals surface area contributed by atoms with Gasteiger partial charge in [-0.15, -0.1) is 0 Å². The lowest BCUT2D eigenvalue weighted by Gasteiger charge is -2.14. The van der Waals surface area contributed by atoms with Crippen molar-refractivity contribution in [3.05, 3.63) is 58.3 Å². The normalized spacial score (nSPS) is 12.9. The fourth-order valence-corrected chi connectivity index (χ4v) is 4.75. The van der Waals surface area contributed by atoms with Gasteiger partial charge in [0.25, 0.3) is 0 Å². The monoisotopic (exact) mass is 541 g/mol. The minimum atomic E-state index is -0.0860. The second-order valence-corrected chi connectivity index (χ2v) is 9.10. The Morgan fingerprint density at radius 3 is 2.78 bits per heavy atom. The van der Waals surface area contributed by atoms with E-state index in [-0.39, 0.29) is 6.04 Å². The lowest BCUT2D eigenvalue weighted by molar-refractivity contribution is 0.373. The van der Waals surface area contributed by atoms with Crippen LogP contribution in [-0.4, -0.2) is 59.5 Å². The molecule has 0 aromatic carbocycles. The molecule has 0 saturated carbocycles. The lowest BCUT2D eigenvalue weighted by atomic mass is 10.1. The van der Waals surface area contributed by atoms with Crippen molar-refractivity contribution in [2.24, 2.45) is 0 Å². The van der Waals surface area contributed by atoms with Gasteiger partial charge in [0.1, 0.15) is 21.5 Å². The Morgan fingerprint density at radius 2 is 1.97 bits per heavy atom. The highest BCUT2D eigenvalue weighted by atomic mass is 127. The van der Waals surface area contributed by atoms with Gasteiger partial charge in [0.2, 0.25) is 0 Å². The molecule has 0 amide bonds. The van der Waals surface area contributed by atoms with E-state index in [1.165, 1.54) is 6.33 Å². The van der Waals surface area contributed by atoms with Crippen LogP contribution in [0.2, 0.25) is 0 Å². The summed E-state index contributed by atoms with van der Waals surface area (Å²) in [6, 6.07) is 10.4. The van der Waals surface area contributed by atoms with E-state index < -0.39 is 0 Å². The summed E-state index contributed by atoms with van der Waals surface area (Å²) in [6.07, 6.45) is 5.60. The van der Waals surface area contributed by atoms with E-state index in [1.807, 2.05) is 27.7 Å². The number of aromatic nitrogens is 7. The van der Waals surface area contributed by atoms with Gasteiger partial charge in [-0.2, -0.15) is 10.2 Å². The number of anilines is 1. The predicted molar refractivity (Wildman–Crippen MR) is 133 cm³/mol. The van der Waals surface area contributed by atoms with Crippen molar-refractivity contribution in [1.29, 1.82) is 0 Å². The molecule has 2 N–H and O–H groups in total. The van der Waals surface area contributed by atoms with Crippen LogP contribution < -0.4 is 5.73 Å². The van der Waals surface area contributed by atoms with E-state index in [0.717, 1.165) is 50.3 Å². The van der Waals surface area contributed by atoms with Gasteiger partial charge in [-0.25, -0.2) is 14.6 Å². The second-order valence-electron chi connectivity index (χ2n) is 8.08. The van der Waals surface area contributed by atoms with Crippen LogP contribution in [0.1, 0.15) is 18.5 Å². The molecule has 5 rings (SSSR count). The number of likely N-dealkylation sites (N-methyl/N-ethyl adjacent to an activating group) is 1. The van der Waals surface area contributed by atoms with E-state index in [1.54, 1.807) is 0 Å². The molecule has 0 saturated heterocycles. The summed E-state index contributed by atoms with van der Waals surface area (Å²) in [4.78, 5) is 10.8. The number of pyridine rings is 1. The largest absolute Gasteiger partial charge is 0.383 e. The number of halogens is 1. The van der Waals surface area contributed by atoms with Gasteiger partial charge in [-0.05, 0) is 67.9 Å². The Bertz CT molecular complexity index is 1410. The molecule has 164 valence electrons. The number of nitrogen functional groups attached to an aromatic ring is 1. The average Bonchev–Trinajstić information content (AvgIpc) is 3.47. The van der Waals surface area contributed by atoms with Crippen molar-refractivity contribution in [3.8, 4) is 11.4 Å². The van der Waals surface area contributed by atoms with Crippen molar-refractivity contribution in [1.82, 2.24) is 38.8 Å². The maximum Gasteiger partial charge on any atom is 0.165 e. The minimum Gasteiger partial charge on any atom is -0.383 e. The third kappa shape index (κ3) is 3.52.